The normalized spacial score (nSPS) is 13.0. The molecule has 0 aliphatic carbocycles. The molecule has 0 radical (unpaired) electrons. The first-order valence-corrected chi connectivity index (χ1v) is 9.54. The second kappa shape index (κ2) is 9.43. The van der Waals surface area contributed by atoms with Gasteiger partial charge in [0.25, 0.3) is 0 Å². The van der Waals surface area contributed by atoms with Crippen LogP contribution < -0.4 is 11.1 Å². The molecule has 1 rings (SSSR count). The van der Waals surface area contributed by atoms with Crippen molar-refractivity contribution in [3.05, 3.63) is 34.9 Å². The van der Waals surface area contributed by atoms with Crippen LogP contribution in [0.2, 0.25) is 5.02 Å². The fourth-order valence-electron chi connectivity index (χ4n) is 2.58. The van der Waals surface area contributed by atoms with Gasteiger partial charge in [-0.25, -0.2) is 0 Å². The molecular formula is C17H27ClN2OS. The van der Waals surface area contributed by atoms with E-state index in [0.717, 1.165) is 23.6 Å². The number of thioether (sulfide) groups is 1. The number of carbonyl (C=O) groups is 1. The number of benzene rings is 1. The molecule has 0 fully saturated rings. The Morgan fingerprint density at radius 1 is 1.32 bits per heavy atom. The summed E-state index contributed by atoms with van der Waals surface area (Å²) in [6, 6.07) is 7.49. The van der Waals surface area contributed by atoms with Crippen molar-refractivity contribution in [1.82, 2.24) is 5.32 Å². The molecule has 124 valence electrons. The minimum absolute atomic E-state index is 0.0608. The van der Waals surface area contributed by atoms with E-state index in [9.17, 15) is 4.79 Å². The topological polar surface area (TPSA) is 55.1 Å². The van der Waals surface area contributed by atoms with Crippen molar-refractivity contribution in [1.29, 1.82) is 0 Å². The van der Waals surface area contributed by atoms with Gasteiger partial charge in [0.15, 0.2) is 0 Å². The van der Waals surface area contributed by atoms with Gasteiger partial charge in [0.2, 0.25) is 5.91 Å². The van der Waals surface area contributed by atoms with E-state index in [2.05, 4.69) is 31.3 Å². The van der Waals surface area contributed by atoms with Crippen LogP contribution in [0.3, 0.4) is 0 Å². The van der Waals surface area contributed by atoms with Crippen molar-refractivity contribution in [2.45, 2.75) is 44.6 Å². The zero-order valence-corrected chi connectivity index (χ0v) is 15.3. The number of hydrogen-bond donors (Lipinski definition) is 2. The van der Waals surface area contributed by atoms with Crippen LogP contribution in [-0.2, 0) is 10.2 Å². The summed E-state index contributed by atoms with van der Waals surface area (Å²) in [7, 11) is 0. The van der Waals surface area contributed by atoms with Crippen molar-refractivity contribution in [2.24, 2.45) is 5.73 Å². The molecule has 0 bridgehead atoms. The number of carbonyl (C=O) groups excluding carboxylic acids is 1. The lowest BCUT2D eigenvalue weighted by Gasteiger charge is -2.33. The van der Waals surface area contributed by atoms with E-state index in [-0.39, 0.29) is 11.3 Å². The Morgan fingerprint density at radius 3 is 2.41 bits per heavy atom. The first-order valence-electron chi connectivity index (χ1n) is 7.77. The summed E-state index contributed by atoms with van der Waals surface area (Å²) in [5, 5.41) is 3.77. The zero-order valence-electron chi connectivity index (χ0n) is 13.7. The smallest absolute Gasteiger partial charge is 0.236 e. The molecule has 1 aromatic rings. The number of halogens is 1. The Kier molecular flexibility index (Phi) is 8.29. The summed E-state index contributed by atoms with van der Waals surface area (Å²) in [6.45, 7) is 4.91. The van der Waals surface area contributed by atoms with Gasteiger partial charge >= 0.3 is 0 Å². The highest BCUT2D eigenvalue weighted by Crippen LogP contribution is 2.31. The zero-order chi connectivity index (χ0) is 16.6. The molecule has 3 N–H and O–H groups in total. The molecule has 22 heavy (non-hydrogen) atoms. The molecule has 0 aromatic heterocycles. The third-order valence-corrected chi connectivity index (χ3v) is 5.28. The molecule has 0 saturated heterocycles. The number of nitrogens with one attached hydrogen (secondary N) is 1. The van der Waals surface area contributed by atoms with Crippen LogP contribution >= 0.6 is 23.4 Å². The molecule has 0 heterocycles. The number of amides is 1. The Bertz CT molecular complexity index is 460. The molecule has 3 nitrogen and oxygen atoms in total. The van der Waals surface area contributed by atoms with Gasteiger partial charge in [-0.1, -0.05) is 37.6 Å². The first kappa shape index (κ1) is 19.3. The predicted molar refractivity (Wildman–Crippen MR) is 97.7 cm³/mol. The second-order valence-corrected chi connectivity index (χ2v) is 7.02. The third kappa shape index (κ3) is 5.18. The maximum Gasteiger partial charge on any atom is 0.236 e. The molecule has 0 saturated carbocycles. The fraction of sp³-hybridized carbons (Fsp3) is 0.588. The van der Waals surface area contributed by atoms with E-state index in [1.807, 2.05) is 18.4 Å². The minimum atomic E-state index is -0.427. The summed E-state index contributed by atoms with van der Waals surface area (Å²) < 4.78 is 0. The van der Waals surface area contributed by atoms with Crippen molar-refractivity contribution in [2.75, 3.05) is 18.6 Å². The van der Waals surface area contributed by atoms with Crippen LogP contribution in [-0.4, -0.2) is 30.5 Å². The lowest BCUT2D eigenvalue weighted by molar-refractivity contribution is -0.122. The van der Waals surface area contributed by atoms with Crippen LogP contribution in [0.4, 0.5) is 0 Å². The van der Waals surface area contributed by atoms with Gasteiger partial charge < -0.3 is 11.1 Å². The summed E-state index contributed by atoms with van der Waals surface area (Å²) in [4.78, 5) is 12.1. The monoisotopic (exact) mass is 342 g/mol. The Morgan fingerprint density at radius 2 is 1.91 bits per heavy atom. The van der Waals surface area contributed by atoms with Crippen molar-refractivity contribution >= 4 is 29.3 Å². The number of hydrogen-bond acceptors (Lipinski definition) is 3. The van der Waals surface area contributed by atoms with E-state index in [1.165, 1.54) is 5.56 Å². The van der Waals surface area contributed by atoms with E-state index >= 15 is 0 Å². The van der Waals surface area contributed by atoms with Crippen molar-refractivity contribution in [3.63, 3.8) is 0 Å². The van der Waals surface area contributed by atoms with Gasteiger partial charge in [-0.3, -0.25) is 4.79 Å². The quantitative estimate of drug-likeness (QED) is 0.721. The summed E-state index contributed by atoms with van der Waals surface area (Å²) in [5.41, 5.74) is 7.07. The average Bonchev–Trinajstić information content (AvgIpc) is 2.55. The highest BCUT2D eigenvalue weighted by Gasteiger charge is 2.29. The molecule has 0 spiro atoms. The van der Waals surface area contributed by atoms with E-state index in [4.69, 9.17) is 17.3 Å². The van der Waals surface area contributed by atoms with E-state index in [1.54, 1.807) is 11.8 Å². The molecule has 1 atom stereocenters. The Balaban J connectivity index is 2.75. The van der Waals surface area contributed by atoms with Crippen molar-refractivity contribution < 1.29 is 4.79 Å². The Labute approximate surface area is 143 Å². The number of nitrogens with two attached hydrogens (primary N) is 1. The SMILES string of the molecule is CCC(CC)(CNC(=O)[C@@H](N)CCSC)c1ccc(Cl)cc1. The minimum Gasteiger partial charge on any atom is -0.354 e. The maximum absolute atomic E-state index is 12.1. The van der Waals surface area contributed by atoms with E-state index < -0.39 is 6.04 Å². The molecule has 1 amide bonds. The third-order valence-electron chi connectivity index (χ3n) is 4.38. The molecule has 0 aliphatic heterocycles. The lowest BCUT2D eigenvalue weighted by Crippen LogP contribution is -2.46. The molecule has 1 aromatic carbocycles. The average molecular weight is 343 g/mol. The van der Waals surface area contributed by atoms with Gasteiger partial charge in [-0.05, 0) is 49.0 Å². The molecule has 0 aliphatic rings. The van der Waals surface area contributed by atoms with Gasteiger partial charge in [0.05, 0.1) is 6.04 Å². The predicted octanol–water partition coefficient (Wildman–Crippen LogP) is 3.59. The lowest BCUT2D eigenvalue weighted by atomic mass is 9.75. The van der Waals surface area contributed by atoms with Gasteiger partial charge in [-0.2, -0.15) is 11.8 Å². The number of rotatable bonds is 9. The standard InChI is InChI=1S/C17H27ClN2OS/c1-4-17(5-2,13-6-8-14(18)9-7-13)12-20-16(21)15(19)10-11-22-3/h6-9,15H,4-5,10-12,19H2,1-3H3,(H,20,21)/t15-/m0/s1. The summed E-state index contributed by atoms with van der Waals surface area (Å²) >= 11 is 7.68. The van der Waals surface area contributed by atoms with Gasteiger partial charge in [-0.15, -0.1) is 0 Å². The molecule has 0 unspecified atom stereocenters. The second-order valence-electron chi connectivity index (χ2n) is 5.60. The van der Waals surface area contributed by atoms with Crippen LogP contribution in [0.25, 0.3) is 0 Å². The van der Waals surface area contributed by atoms with Crippen molar-refractivity contribution in [3.8, 4) is 0 Å². The molecular weight excluding hydrogens is 316 g/mol. The van der Waals surface area contributed by atoms with Gasteiger partial charge in [0.1, 0.15) is 0 Å². The van der Waals surface area contributed by atoms with E-state index in [0.29, 0.717) is 13.0 Å². The highest BCUT2D eigenvalue weighted by molar-refractivity contribution is 7.98. The van der Waals surface area contributed by atoms with Crippen LogP contribution in [0.1, 0.15) is 38.7 Å². The highest BCUT2D eigenvalue weighted by atomic mass is 35.5. The summed E-state index contributed by atoms with van der Waals surface area (Å²) in [6.07, 6.45) is 4.63. The largest absolute Gasteiger partial charge is 0.354 e. The summed E-state index contributed by atoms with van der Waals surface area (Å²) in [5.74, 6) is 0.840. The Hall–Kier alpha value is -0.710. The van der Waals surface area contributed by atoms with Gasteiger partial charge in [0, 0.05) is 17.0 Å². The van der Waals surface area contributed by atoms with Crippen LogP contribution in [0.5, 0.6) is 0 Å². The molecule has 5 heteroatoms. The van der Waals surface area contributed by atoms with Crippen LogP contribution in [0.15, 0.2) is 24.3 Å². The van der Waals surface area contributed by atoms with Crippen LogP contribution in [0, 0.1) is 0 Å². The fourth-order valence-corrected chi connectivity index (χ4v) is 3.19. The maximum atomic E-state index is 12.1. The first-order chi connectivity index (χ1) is 10.5.